The number of hydrogen-bond donors (Lipinski definition) is 2. The summed E-state index contributed by atoms with van der Waals surface area (Å²) in [4.78, 5) is 0. The summed E-state index contributed by atoms with van der Waals surface area (Å²) in [7, 11) is 1.56. The van der Waals surface area contributed by atoms with Crippen LogP contribution in [0, 0.1) is 0 Å². The van der Waals surface area contributed by atoms with E-state index in [2.05, 4.69) is 35.1 Å². The monoisotopic (exact) mass is 315 g/mol. The van der Waals surface area contributed by atoms with Gasteiger partial charge in [0.1, 0.15) is 0 Å². The zero-order valence-corrected chi connectivity index (χ0v) is 12.9. The van der Waals surface area contributed by atoms with Crippen molar-refractivity contribution in [2.45, 2.75) is 45.7 Å². The van der Waals surface area contributed by atoms with E-state index in [0.29, 0.717) is 16.3 Å². The second-order valence-electron chi connectivity index (χ2n) is 4.55. The molecule has 0 saturated carbocycles. The summed E-state index contributed by atoms with van der Waals surface area (Å²) in [6.45, 7) is 5.18. The zero-order valence-electron chi connectivity index (χ0n) is 11.3. The fourth-order valence-electron chi connectivity index (χ4n) is 1.79. The maximum absolute atomic E-state index is 9.72. The van der Waals surface area contributed by atoms with Crippen LogP contribution in [-0.4, -0.2) is 18.3 Å². The van der Waals surface area contributed by atoms with Crippen molar-refractivity contribution in [2.24, 2.45) is 0 Å². The topological polar surface area (TPSA) is 41.5 Å². The molecule has 0 spiro atoms. The number of aromatic hydroxyl groups is 1. The lowest BCUT2D eigenvalue weighted by atomic mass is 10.1. The summed E-state index contributed by atoms with van der Waals surface area (Å²) in [6.07, 6.45) is 3.66. The Morgan fingerprint density at radius 3 is 2.78 bits per heavy atom. The van der Waals surface area contributed by atoms with E-state index in [-0.39, 0.29) is 5.75 Å². The molecule has 1 aromatic rings. The third-order valence-electron chi connectivity index (χ3n) is 2.95. The van der Waals surface area contributed by atoms with Gasteiger partial charge in [-0.3, -0.25) is 0 Å². The molecule has 102 valence electrons. The van der Waals surface area contributed by atoms with Crippen LogP contribution in [-0.2, 0) is 6.54 Å². The number of phenolic OH excluding ortho intramolecular Hbond substituents is 1. The first-order valence-corrected chi connectivity index (χ1v) is 7.16. The van der Waals surface area contributed by atoms with Crippen LogP contribution in [0.5, 0.6) is 11.5 Å². The molecule has 18 heavy (non-hydrogen) atoms. The quantitative estimate of drug-likeness (QED) is 0.803. The standard InChI is InChI=1S/C14H22BrNO2/c1-4-5-6-10(2)16-9-11-7-12(15)14(17)13(8-11)18-3/h7-8,10,16-17H,4-6,9H2,1-3H3. The van der Waals surface area contributed by atoms with Crippen molar-refractivity contribution in [3.05, 3.63) is 22.2 Å². The van der Waals surface area contributed by atoms with E-state index >= 15 is 0 Å². The number of halogens is 1. The van der Waals surface area contributed by atoms with Crippen LogP contribution in [0.4, 0.5) is 0 Å². The smallest absolute Gasteiger partial charge is 0.172 e. The molecule has 0 saturated heterocycles. The average Bonchev–Trinajstić information content (AvgIpc) is 2.37. The van der Waals surface area contributed by atoms with Gasteiger partial charge >= 0.3 is 0 Å². The molecule has 0 aliphatic rings. The van der Waals surface area contributed by atoms with Gasteiger partial charge in [0.25, 0.3) is 0 Å². The van der Waals surface area contributed by atoms with Crippen molar-refractivity contribution in [2.75, 3.05) is 7.11 Å². The molecule has 3 nitrogen and oxygen atoms in total. The first kappa shape index (κ1) is 15.3. The molecule has 0 aliphatic carbocycles. The van der Waals surface area contributed by atoms with Gasteiger partial charge in [0, 0.05) is 12.6 Å². The first-order chi connectivity index (χ1) is 8.58. The third kappa shape index (κ3) is 4.50. The van der Waals surface area contributed by atoms with Crippen LogP contribution in [0.1, 0.15) is 38.7 Å². The molecule has 1 unspecified atom stereocenters. The van der Waals surface area contributed by atoms with Crippen LogP contribution >= 0.6 is 15.9 Å². The molecule has 1 aromatic carbocycles. The van der Waals surface area contributed by atoms with Gasteiger partial charge in [-0.05, 0) is 47.0 Å². The Morgan fingerprint density at radius 2 is 2.17 bits per heavy atom. The highest BCUT2D eigenvalue weighted by atomic mass is 79.9. The fourth-order valence-corrected chi connectivity index (χ4v) is 2.28. The second-order valence-corrected chi connectivity index (χ2v) is 5.41. The number of hydrogen-bond acceptors (Lipinski definition) is 3. The molecule has 0 bridgehead atoms. The fraction of sp³-hybridized carbons (Fsp3) is 0.571. The molecule has 0 aromatic heterocycles. The highest BCUT2D eigenvalue weighted by Gasteiger charge is 2.09. The summed E-state index contributed by atoms with van der Waals surface area (Å²) < 4.78 is 5.80. The number of phenols is 1. The van der Waals surface area contributed by atoms with Gasteiger partial charge in [-0.2, -0.15) is 0 Å². The molecule has 0 heterocycles. The van der Waals surface area contributed by atoms with Gasteiger partial charge in [-0.1, -0.05) is 19.8 Å². The van der Waals surface area contributed by atoms with Crippen LogP contribution < -0.4 is 10.1 Å². The highest BCUT2D eigenvalue weighted by molar-refractivity contribution is 9.10. The highest BCUT2D eigenvalue weighted by Crippen LogP contribution is 2.35. The Labute approximate surface area is 118 Å². The normalized spacial score (nSPS) is 12.4. The summed E-state index contributed by atoms with van der Waals surface area (Å²) in [5.41, 5.74) is 1.10. The molecule has 0 radical (unpaired) electrons. The van der Waals surface area contributed by atoms with Crippen LogP contribution in [0.3, 0.4) is 0 Å². The Hall–Kier alpha value is -0.740. The van der Waals surface area contributed by atoms with Crippen LogP contribution in [0.25, 0.3) is 0 Å². The Kier molecular flexibility index (Phi) is 6.50. The number of ether oxygens (including phenoxy) is 1. The van der Waals surface area contributed by atoms with E-state index in [1.165, 1.54) is 19.3 Å². The van der Waals surface area contributed by atoms with Gasteiger partial charge in [0.15, 0.2) is 11.5 Å². The summed E-state index contributed by atoms with van der Waals surface area (Å²) in [5, 5.41) is 13.2. The molecular formula is C14H22BrNO2. The van der Waals surface area contributed by atoms with Gasteiger partial charge < -0.3 is 15.2 Å². The molecule has 2 N–H and O–H groups in total. The maximum atomic E-state index is 9.72. The van der Waals surface area contributed by atoms with E-state index in [1.54, 1.807) is 7.11 Å². The number of benzene rings is 1. The van der Waals surface area contributed by atoms with E-state index in [0.717, 1.165) is 12.1 Å². The molecule has 0 aliphatic heterocycles. The minimum Gasteiger partial charge on any atom is -0.503 e. The van der Waals surface area contributed by atoms with Crippen molar-refractivity contribution in [3.63, 3.8) is 0 Å². The van der Waals surface area contributed by atoms with Gasteiger partial charge in [-0.15, -0.1) is 0 Å². The van der Waals surface area contributed by atoms with E-state index < -0.39 is 0 Å². The van der Waals surface area contributed by atoms with Crippen molar-refractivity contribution in [1.29, 1.82) is 0 Å². The largest absolute Gasteiger partial charge is 0.503 e. The van der Waals surface area contributed by atoms with Gasteiger partial charge in [0.05, 0.1) is 11.6 Å². The number of rotatable bonds is 7. The number of unbranched alkanes of at least 4 members (excludes halogenated alkanes) is 1. The minimum absolute atomic E-state index is 0.153. The lowest BCUT2D eigenvalue weighted by Crippen LogP contribution is -2.25. The van der Waals surface area contributed by atoms with Gasteiger partial charge in [0.2, 0.25) is 0 Å². The third-order valence-corrected chi connectivity index (χ3v) is 3.56. The number of methoxy groups -OCH3 is 1. The lowest BCUT2D eigenvalue weighted by Gasteiger charge is -2.14. The van der Waals surface area contributed by atoms with Crippen LogP contribution in [0.2, 0.25) is 0 Å². The lowest BCUT2D eigenvalue weighted by molar-refractivity contribution is 0.371. The Bertz CT molecular complexity index is 382. The molecule has 0 fully saturated rings. The van der Waals surface area contributed by atoms with E-state index in [9.17, 15) is 5.11 Å². The molecule has 0 amide bonds. The first-order valence-electron chi connectivity index (χ1n) is 6.37. The molecule has 4 heteroatoms. The zero-order chi connectivity index (χ0) is 13.5. The summed E-state index contributed by atoms with van der Waals surface area (Å²) in [5.74, 6) is 0.655. The predicted octanol–water partition coefficient (Wildman–Crippen LogP) is 3.83. The van der Waals surface area contributed by atoms with E-state index in [1.807, 2.05) is 12.1 Å². The van der Waals surface area contributed by atoms with Crippen molar-refractivity contribution >= 4 is 15.9 Å². The SMILES string of the molecule is CCCCC(C)NCc1cc(Br)c(O)c(OC)c1. The predicted molar refractivity (Wildman–Crippen MR) is 78.2 cm³/mol. The van der Waals surface area contributed by atoms with Crippen molar-refractivity contribution in [1.82, 2.24) is 5.32 Å². The van der Waals surface area contributed by atoms with Crippen molar-refractivity contribution < 1.29 is 9.84 Å². The summed E-state index contributed by atoms with van der Waals surface area (Å²) in [6, 6.07) is 4.28. The van der Waals surface area contributed by atoms with Gasteiger partial charge in [-0.25, -0.2) is 0 Å². The average molecular weight is 316 g/mol. The number of nitrogens with one attached hydrogen (secondary N) is 1. The van der Waals surface area contributed by atoms with E-state index in [4.69, 9.17) is 4.74 Å². The minimum atomic E-state index is 0.153. The van der Waals surface area contributed by atoms with Crippen LogP contribution in [0.15, 0.2) is 16.6 Å². The Balaban J connectivity index is 2.59. The molecule has 1 rings (SSSR count). The second kappa shape index (κ2) is 7.64. The Morgan fingerprint density at radius 1 is 1.44 bits per heavy atom. The maximum Gasteiger partial charge on any atom is 0.172 e. The van der Waals surface area contributed by atoms with Crippen molar-refractivity contribution in [3.8, 4) is 11.5 Å². The summed E-state index contributed by atoms with van der Waals surface area (Å²) >= 11 is 3.33. The molecule has 1 atom stereocenters. The molecular weight excluding hydrogens is 294 g/mol.